The molecule has 6 heteroatoms. The molecule has 0 saturated heterocycles. The fourth-order valence-corrected chi connectivity index (χ4v) is 1.45. The molecule has 0 radical (unpaired) electrons. The number of rotatable bonds is 4. The van der Waals surface area contributed by atoms with Gasteiger partial charge in [0.2, 0.25) is 5.89 Å². The molecular formula is C11H14N4O2. The highest BCUT2D eigenvalue weighted by Crippen LogP contribution is 2.11. The maximum Gasteiger partial charge on any atom is 0.234 e. The molecular weight excluding hydrogens is 220 g/mol. The van der Waals surface area contributed by atoms with Gasteiger partial charge < -0.3 is 4.52 Å². The monoisotopic (exact) mass is 234 g/mol. The summed E-state index contributed by atoms with van der Waals surface area (Å²) in [4.78, 5) is 16.0. The fourth-order valence-electron chi connectivity index (χ4n) is 1.45. The Morgan fingerprint density at radius 2 is 2.29 bits per heavy atom. The van der Waals surface area contributed by atoms with Crippen molar-refractivity contribution in [3.05, 3.63) is 29.7 Å². The average Bonchev–Trinajstić information content (AvgIpc) is 2.86. The van der Waals surface area contributed by atoms with E-state index in [9.17, 15) is 4.79 Å². The van der Waals surface area contributed by atoms with Gasteiger partial charge in [-0.2, -0.15) is 10.1 Å². The van der Waals surface area contributed by atoms with E-state index in [0.29, 0.717) is 17.4 Å². The lowest BCUT2D eigenvalue weighted by atomic mass is 10.2. The molecule has 0 bridgehead atoms. The molecule has 2 aromatic heterocycles. The van der Waals surface area contributed by atoms with Crippen LogP contribution in [0.15, 0.2) is 16.8 Å². The minimum absolute atomic E-state index is 0.0797. The van der Waals surface area contributed by atoms with Crippen LogP contribution in [0.4, 0.5) is 0 Å². The molecule has 0 spiro atoms. The van der Waals surface area contributed by atoms with Gasteiger partial charge >= 0.3 is 0 Å². The molecule has 0 aliphatic rings. The van der Waals surface area contributed by atoms with Crippen molar-refractivity contribution in [1.29, 1.82) is 0 Å². The molecule has 0 atom stereocenters. The van der Waals surface area contributed by atoms with Crippen LogP contribution in [0.5, 0.6) is 0 Å². The quantitative estimate of drug-likeness (QED) is 0.746. The van der Waals surface area contributed by atoms with Gasteiger partial charge in [0.1, 0.15) is 5.69 Å². The van der Waals surface area contributed by atoms with Gasteiger partial charge in [-0.25, -0.2) is 0 Å². The molecule has 0 aromatic carbocycles. The molecule has 0 aliphatic carbocycles. The highest BCUT2D eigenvalue weighted by molar-refractivity contribution is 5.95. The van der Waals surface area contributed by atoms with Crippen LogP contribution < -0.4 is 0 Å². The molecule has 2 heterocycles. The molecule has 0 aliphatic heterocycles. The Balaban J connectivity index is 2.11. The van der Waals surface area contributed by atoms with Crippen molar-refractivity contribution < 1.29 is 9.32 Å². The number of hydrogen-bond acceptors (Lipinski definition) is 5. The molecule has 0 amide bonds. The van der Waals surface area contributed by atoms with Crippen LogP contribution in [0.1, 0.15) is 42.0 Å². The van der Waals surface area contributed by atoms with Crippen LogP contribution in [0.3, 0.4) is 0 Å². The van der Waals surface area contributed by atoms with E-state index >= 15 is 0 Å². The smallest absolute Gasteiger partial charge is 0.234 e. The lowest BCUT2D eigenvalue weighted by Crippen LogP contribution is -2.09. The Morgan fingerprint density at radius 1 is 1.53 bits per heavy atom. The number of nitrogens with zero attached hydrogens (tertiary/aromatic N) is 4. The van der Waals surface area contributed by atoms with E-state index in [-0.39, 0.29) is 18.1 Å². The number of ketones is 1. The molecule has 2 rings (SSSR count). The summed E-state index contributed by atoms with van der Waals surface area (Å²) in [6.45, 7) is 3.94. The van der Waals surface area contributed by atoms with Crippen molar-refractivity contribution in [2.45, 2.75) is 26.2 Å². The van der Waals surface area contributed by atoms with Crippen molar-refractivity contribution in [3.8, 4) is 0 Å². The second kappa shape index (κ2) is 4.48. The molecule has 90 valence electrons. The predicted octanol–water partition coefficient (Wildman–Crippen LogP) is 1.35. The first kappa shape index (κ1) is 11.5. The minimum atomic E-state index is -0.0797. The normalized spacial score (nSPS) is 11.1. The molecule has 0 N–H and O–H groups in total. The Kier molecular flexibility index (Phi) is 3.03. The van der Waals surface area contributed by atoms with E-state index in [4.69, 9.17) is 4.52 Å². The Labute approximate surface area is 98.6 Å². The molecule has 0 unspecified atom stereocenters. The minimum Gasteiger partial charge on any atom is -0.339 e. The van der Waals surface area contributed by atoms with E-state index in [1.165, 1.54) is 4.68 Å². The topological polar surface area (TPSA) is 73.8 Å². The highest BCUT2D eigenvalue weighted by atomic mass is 16.5. The molecule has 0 saturated carbocycles. The van der Waals surface area contributed by atoms with Crippen LogP contribution >= 0.6 is 0 Å². The van der Waals surface area contributed by atoms with Crippen molar-refractivity contribution in [3.63, 3.8) is 0 Å². The Hall–Kier alpha value is -1.98. The maximum absolute atomic E-state index is 11.9. The Morgan fingerprint density at radius 3 is 2.82 bits per heavy atom. The first-order valence-electron chi connectivity index (χ1n) is 5.41. The summed E-state index contributed by atoms with van der Waals surface area (Å²) in [5, 5.41) is 7.75. The summed E-state index contributed by atoms with van der Waals surface area (Å²) < 4.78 is 6.55. The third-order valence-electron chi connectivity index (χ3n) is 2.42. The van der Waals surface area contributed by atoms with Crippen LogP contribution in [-0.4, -0.2) is 25.7 Å². The van der Waals surface area contributed by atoms with Gasteiger partial charge in [-0.15, -0.1) is 0 Å². The zero-order chi connectivity index (χ0) is 12.4. The first-order valence-corrected chi connectivity index (χ1v) is 5.41. The van der Waals surface area contributed by atoms with Gasteiger partial charge in [-0.1, -0.05) is 19.0 Å². The summed E-state index contributed by atoms with van der Waals surface area (Å²) in [5.74, 6) is 1.08. The summed E-state index contributed by atoms with van der Waals surface area (Å²) in [5.41, 5.74) is 0.536. The van der Waals surface area contributed by atoms with Crippen molar-refractivity contribution in [2.75, 3.05) is 0 Å². The number of aromatic nitrogens is 4. The first-order chi connectivity index (χ1) is 8.08. The van der Waals surface area contributed by atoms with Gasteiger partial charge in [-0.3, -0.25) is 9.48 Å². The van der Waals surface area contributed by atoms with E-state index in [2.05, 4.69) is 15.2 Å². The lowest BCUT2D eigenvalue weighted by molar-refractivity contribution is 0.0974. The molecule has 0 fully saturated rings. The third-order valence-corrected chi connectivity index (χ3v) is 2.42. The van der Waals surface area contributed by atoms with Crippen LogP contribution in [0.25, 0.3) is 0 Å². The van der Waals surface area contributed by atoms with Gasteiger partial charge in [0.25, 0.3) is 0 Å². The van der Waals surface area contributed by atoms with Gasteiger partial charge in [-0.05, 0) is 6.07 Å². The van der Waals surface area contributed by atoms with Crippen LogP contribution in [-0.2, 0) is 13.5 Å². The zero-order valence-electron chi connectivity index (χ0n) is 10.0. The maximum atomic E-state index is 11.9. The van der Waals surface area contributed by atoms with Gasteiger partial charge in [0.15, 0.2) is 11.6 Å². The lowest BCUT2D eigenvalue weighted by Gasteiger charge is -1.97. The molecule has 2 aromatic rings. The highest BCUT2D eigenvalue weighted by Gasteiger charge is 2.16. The average molecular weight is 234 g/mol. The van der Waals surface area contributed by atoms with Crippen molar-refractivity contribution >= 4 is 5.78 Å². The Bertz CT molecular complexity index is 527. The number of carbonyl (C=O) groups excluding carboxylic acids is 1. The summed E-state index contributed by atoms with van der Waals surface area (Å²) in [7, 11) is 1.72. The molecule has 6 nitrogen and oxygen atoms in total. The van der Waals surface area contributed by atoms with Gasteiger partial charge in [0.05, 0.1) is 6.42 Å². The number of aryl methyl sites for hydroxylation is 1. The predicted molar refractivity (Wildman–Crippen MR) is 59.6 cm³/mol. The van der Waals surface area contributed by atoms with E-state index < -0.39 is 0 Å². The summed E-state index contributed by atoms with van der Waals surface area (Å²) in [6.07, 6.45) is 1.69. The van der Waals surface area contributed by atoms with E-state index in [1.54, 1.807) is 19.3 Å². The van der Waals surface area contributed by atoms with Crippen LogP contribution in [0, 0.1) is 0 Å². The van der Waals surface area contributed by atoms with Crippen molar-refractivity contribution in [2.24, 2.45) is 7.05 Å². The number of Topliss-reactive ketones (excluding diaryl/α,β-unsaturated/α-hetero) is 1. The third kappa shape index (κ3) is 2.41. The van der Waals surface area contributed by atoms with Crippen molar-refractivity contribution in [1.82, 2.24) is 19.9 Å². The second-order valence-electron chi connectivity index (χ2n) is 4.14. The van der Waals surface area contributed by atoms with E-state index in [0.717, 1.165) is 0 Å². The SMILES string of the molecule is CC(C)c1noc(CC(=O)c2ccnn2C)n1. The second-order valence-corrected chi connectivity index (χ2v) is 4.14. The van der Waals surface area contributed by atoms with Crippen LogP contribution in [0.2, 0.25) is 0 Å². The zero-order valence-corrected chi connectivity index (χ0v) is 10.0. The summed E-state index contributed by atoms with van der Waals surface area (Å²) >= 11 is 0. The van der Waals surface area contributed by atoms with E-state index in [1.807, 2.05) is 13.8 Å². The van der Waals surface area contributed by atoms with Gasteiger partial charge in [0, 0.05) is 19.2 Å². The number of carbonyl (C=O) groups is 1. The standard InChI is InChI=1S/C11H14N4O2/c1-7(2)11-13-10(17-14-11)6-9(16)8-4-5-12-15(8)3/h4-5,7H,6H2,1-3H3. The summed E-state index contributed by atoms with van der Waals surface area (Å²) in [6, 6.07) is 1.67. The largest absolute Gasteiger partial charge is 0.339 e. The number of hydrogen-bond donors (Lipinski definition) is 0. The fraction of sp³-hybridized carbons (Fsp3) is 0.455. The molecule has 17 heavy (non-hydrogen) atoms.